The third-order valence-corrected chi connectivity index (χ3v) is 6.94. The molecule has 1 aromatic rings. The number of benzene rings is 1. The molecular formula is C22H31ClN2O4. The number of rotatable bonds is 9. The Hall–Kier alpha value is -1.79. The lowest BCUT2D eigenvalue weighted by Crippen LogP contribution is -2.60. The van der Waals surface area contributed by atoms with Crippen molar-refractivity contribution in [3.8, 4) is 5.75 Å². The van der Waals surface area contributed by atoms with Gasteiger partial charge in [0.25, 0.3) is 5.91 Å². The number of nitrogens with zero attached hydrogens (tertiary/aromatic N) is 2. The Morgan fingerprint density at radius 2 is 2.03 bits per heavy atom. The normalized spacial score (nSPS) is 25.6. The van der Waals surface area contributed by atoms with Crippen LogP contribution in [-0.2, 0) is 9.59 Å². The minimum absolute atomic E-state index is 0.157. The zero-order valence-corrected chi connectivity index (χ0v) is 18.2. The van der Waals surface area contributed by atoms with E-state index in [-0.39, 0.29) is 17.4 Å². The molecular weight excluding hydrogens is 392 g/mol. The standard InChI is InChI=1S/C22H31ClN2O4/c1-4-18(6-5-15(2)21(27)28)22-12-11-17(13-22)14-24(22)25(16(3)26)29-20-9-7-19(23)8-10-20/h7-10,15,17-18H,4-6,11-14H2,1-3H3,(H,27,28). The molecule has 1 amide bonds. The van der Waals surface area contributed by atoms with Crippen LogP contribution in [0.15, 0.2) is 24.3 Å². The highest BCUT2D eigenvalue weighted by molar-refractivity contribution is 6.30. The number of fused-ring (bicyclic) bond motifs is 2. The first-order chi connectivity index (χ1) is 13.8. The molecule has 1 heterocycles. The summed E-state index contributed by atoms with van der Waals surface area (Å²) in [6.07, 6.45) is 5.61. The fourth-order valence-electron chi connectivity index (χ4n) is 5.12. The minimum Gasteiger partial charge on any atom is -0.481 e. The van der Waals surface area contributed by atoms with Crippen molar-refractivity contribution in [2.24, 2.45) is 17.8 Å². The summed E-state index contributed by atoms with van der Waals surface area (Å²) in [5.74, 6) is 0.142. The minimum atomic E-state index is -0.749. The van der Waals surface area contributed by atoms with Crippen molar-refractivity contribution in [2.75, 3.05) is 6.54 Å². The maximum atomic E-state index is 12.5. The number of aliphatic carboxylic acids is 1. The van der Waals surface area contributed by atoms with Crippen LogP contribution in [-0.4, -0.2) is 39.2 Å². The van der Waals surface area contributed by atoms with Crippen LogP contribution in [0.25, 0.3) is 0 Å². The third-order valence-electron chi connectivity index (χ3n) is 6.69. The van der Waals surface area contributed by atoms with Crippen LogP contribution in [0.4, 0.5) is 0 Å². The van der Waals surface area contributed by atoms with Gasteiger partial charge in [0.2, 0.25) is 0 Å². The number of hydrogen-bond donors (Lipinski definition) is 1. The highest BCUT2D eigenvalue weighted by Gasteiger charge is 2.57. The number of hydrogen-bond acceptors (Lipinski definition) is 4. The molecule has 2 aliphatic rings. The summed E-state index contributed by atoms with van der Waals surface area (Å²) in [5.41, 5.74) is -0.157. The molecule has 1 aromatic carbocycles. The second-order valence-electron chi connectivity index (χ2n) is 8.55. The van der Waals surface area contributed by atoms with Gasteiger partial charge in [-0.05, 0) is 68.2 Å². The van der Waals surface area contributed by atoms with Crippen LogP contribution in [0.1, 0.15) is 59.3 Å². The van der Waals surface area contributed by atoms with Crippen molar-refractivity contribution in [3.63, 3.8) is 0 Å². The summed E-state index contributed by atoms with van der Waals surface area (Å²) in [6.45, 7) is 6.23. The molecule has 1 aliphatic carbocycles. The smallest absolute Gasteiger partial charge is 0.306 e. The number of hydrazine groups is 1. The highest BCUT2D eigenvalue weighted by atomic mass is 35.5. The Balaban J connectivity index is 1.82. The number of carbonyl (C=O) groups excluding carboxylic acids is 1. The largest absolute Gasteiger partial charge is 0.481 e. The number of carboxylic acid groups (broad SMARTS) is 1. The summed E-state index contributed by atoms with van der Waals surface area (Å²) in [6, 6.07) is 6.99. The Morgan fingerprint density at radius 1 is 1.34 bits per heavy atom. The first kappa shape index (κ1) is 21.9. The average Bonchev–Trinajstić information content (AvgIpc) is 3.26. The molecule has 2 bridgehead atoms. The van der Waals surface area contributed by atoms with Gasteiger partial charge in [-0.1, -0.05) is 37.0 Å². The summed E-state index contributed by atoms with van der Waals surface area (Å²) >= 11 is 5.97. The van der Waals surface area contributed by atoms with Gasteiger partial charge < -0.3 is 9.94 Å². The van der Waals surface area contributed by atoms with Gasteiger partial charge in [0.15, 0.2) is 5.75 Å². The number of halogens is 1. The van der Waals surface area contributed by atoms with Crippen molar-refractivity contribution < 1.29 is 19.5 Å². The lowest BCUT2D eigenvalue weighted by molar-refractivity contribution is -0.251. The van der Waals surface area contributed by atoms with Gasteiger partial charge in [0.05, 0.1) is 5.92 Å². The van der Waals surface area contributed by atoms with Crippen molar-refractivity contribution in [1.82, 2.24) is 10.2 Å². The molecule has 6 nitrogen and oxygen atoms in total. The van der Waals surface area contributed by atoms with Gasteiger partial charge >= 0.3 is 5.97 Å². The van der Waals surface area contributed by atoms with Crippen molar-refractivity contribution in [1.29, 1.82) is 0 Å². The molecule has 0 radical (unpaired) electrons. The second-order valence-corrected chi connectivity index (χ2v) is 8.99. The van der Waals surface area contributed by atoms with E-state index in [2.05, 4.69) is 11.9 Å². The van der Waals surface area contributed by atoms with Gasteiger partial charge in [0.1, 0.15) is 0 Å². The van der Waals surface area contributed by atoms with Gasteiger partial charge in [-0.15, -0.1) is 0 Å². The van der Waals surface area contributed by atoms with E-state index < -0.39 is 5.97 Å². The fourth-order valence-corrected chi connectivity index (χ4v) is 5.24. The van der Waals surface area contributed by atoms with Crippen molar-refractivity contribution >= 4 is 23.5 Å². The third kappa shape index (κ3) is 4.53. The van der Waals surface area contributed by atoms with Crippen LogP contribution < -0.4 is 4.84 Å². The van der Waals surface area contributed by atoms with E-state index in [0.717, 1.165) is 38.6 Å². The number of carboxylic acids is 1. The monoisotopic (exact) mass is 422 g/mol. The maximum absolute atomic E-state index is 12.5. The van der Waals surface area contributed by atoms with E-state index in [4.69, 9.17) is 16.4 Å². The summed E-state index contributed by atoms with van der Waals surface area (Å²) in [7, 11) is 0. The van der Waals surface area contributed by atoms with Crippen LogP contribution in [0, 0.1) is 17.8 Å². The van der Waals surface area contributed by atoms with E-state index in [1.165, 1.54) is 12.1 Å². The highest BCUT2D eigenvalue weighted by Crippen LogP contribution is 2.53. The molecule has 0 aromatic heterocycles. The molecule has 4 unspecified atom stereocenters. The van der Waals surface area contributed by atoms with Crippen LogP contribution >= 0.6 is 11.6 Å². The summed E-state index contributed by atoms with van der Waals surface area (Å²) in [4.78, 5) is 29.8. The SMILES string of the molecule is CCC(CCC(C)C(=O)O)C12CCC(CN1N(Oc1ccc(Cl)cc1)C(C)=O)C2. The van der Waals surface area contributed by atoms with E-state index in [0.29, 0.717) is 29.0 Å². The number of piperidine rings is 1. The Kier molecular flexibility index (Phi) is 6.74. The van der Waals surface area contributed by atoms with E-state index >= 15 is 0 Å². The molecule has 1 N–H and O–H groups in total. The Bertz CT molecular complexity index is 741. The number of carbonyl (C=O) groups is 2. The molecule has 2 fully saturated rings. The quantitative estimate of drug-likeness (QED) is 0.580. The average molecular weight is 423 g/mol. The zero-order chi connectivity index (χ0) is 21.2. The number of hydroxylamine groups is 1. The molecule has 1 aliphatic heterocycles. The number of amides is 1. The van der Waals surface area contributed by atoms with Crippen LogP contribution in [0.3, 0.4) is 0 Å². The lowest BCUT2D eigenvalue weighted by Gasteiger charge is -2.47. The van der Waals surface area contributed by atoms with Crippen molar-refractivity contribution in [2.45, 2.75) is 64.8 Å². The maximum Gasteiger partial charge on any atom is 0.306 e. The fraction of sp³-hybridized carbons (Fsp3) is 0.636. The molecule has 160 valence electrons. The topological polar surface area (TPSA) is 70.1 Å². The van der Waals surface area contributed by atoms with E-state index in [9.17, 15) is 14.7 Å². The summed E-state index contributed by atoms with van der Waals surface area (Å²) < 4.78 is 0. The zero-order valence-electron chi connectivity index (χ0n) is 17.4. The first-order valence-electron chi connectivity index (χ1n) is 10.5. The van der Waals surface area contributed by atoms with Crippen molar-refractivity contribution in [3.05, 3.63) is 29.3 Å². The van der Waals surface area contributed by atoms with Gasteiger partial charge in [-0.2, -0.15) is 5.01 Å². The van der Waals surface area contributed by atoms with Gasteiger partial charge in [-0.25, -0.2) is 0 Å². The first-order valence-corrected chi connectivity index (χ1v) is 10.9. The lowest BCUT2D eigenvalue weighted by atomic mass is 9.77. The molecule has 29 heavy (non-hydrogen) atoms. The predicted molar refractivity (Wildman–Crippen MR) is 111 cm³/mol. The Morgan fingerprint density at radius 3 is 2.59 bits per heavy atom. The molecule has 0 spiro atoms. The molecule has 1 saturated carbocycles. The summed E-state index contributed by atoms with van der Waals surface area (Å²) in [5, 5.41) is 13.4. The predicted octanol–water partition coefficient (Wildman–Crippen LogP) is 4.78. The van der Waals surface area contributed by atoms with Crippen LogP contribution in [0.5, 0.6) is 5.75 Å². The second kappa shape index (κ2) is 8.92. The molecule has 7 heteroatoms. The molecule has 4 atom stereocenters. The molecule has 1 saturated heterocycles. The van der Waals surface area contributed by atoms with Gasteiger partial charge in [-0.3, -0.25) is 9.59 Å². The van der Waals surface area contributed by atoms with E-state index in [1.807, 2.05) is 0 Å². The van der Waals surface area contributed by atoms with Crippen LogP contribution in [0.2, 0.25) is 5.02 Å². The molecule has 3 rings (SSSR count). The van der Waals surface area contributed by atoms with Gasteiger partial charge in [0, 0.05) is 24.0 Å². The Labute approximate surface area is 177 Å². The van der Waals surface area contributed by atoms with E-state index in [1.54, 1.807) is 31.2 Å².